The number of fused-ring (bicyclic) bond motifs is 1. The molecular weight excluding hydrogens is 512 g/mol. The first kappa shape index (κ1) is 24.1. The van der Waals surface area contributed by atoms with Crippen LogP contribution in [0.25, 0.3) is 10.8 Å². The second-order valence-corrected chi connectivity index (χ2v) is 12.3. The van der Waals surface area contributed by atoms with Gasteiger partial charge in [-0.15, -0.1) is 0 Å². The number of phenols is 1. The molecule has 3 fully saturated rings. The molecule has 206 valence electrons. The number of nitrogens with zero attached hydrogens (tertiary/aromatic N) is 3. The number of carbonyl (C=O) groups is 1. The summed E-state index contributed by atoms with van der Waals surface area (Å²) in [4.78, 5) is 31.1. The van der Waals surface area contributed by atoms with Gasteiger partial charge in [-0.2, -0.15) is 0 Å². The second kappa shape index (κ2) is 8.14. The Morgan fingerprint density at radius 1 is 1.18 bits per heavy atom. The van der Waals surface area contributed by atoms with E-state index in [4.69, 9.17) is 4.74 Å². The van der Waals surface area contributed by atoms with E-state index in [0.717, 1.165) is 24.2 Å². The number of aromatic hydroxyl groups is 1. The number of hydrogen-bond donors (Lipinski definition) is 3. The Hall–Kier alpha value is -3.76. The number of hydrogen-bond acceptors (Lipinski definition) is 8. The van der Waals surface area contributed by atoms with Gasteiger partial charge in [0.15, 0.2) is 11.5 Å². The van der Waals surface area contributed by atoms with Crippen LogP contribution in [0.1, 0.15) is 53.7 Å². The summed E-state index contributed by atoms with van der Waals surface area (Å²) in [5, 5.41) is 39.0. The summed E-state index contributed by atoms with van der Waals surface area (Å²) >= 11 is 0. The molecule has 1 aromatic heterocycles. The summed E-state index contributed by atoms with van der Waals surface area (Å²) in [5.41, 5.74) is 0.368. The van der Waals surface area contributed by atoms with Gasteiger partial charge in [0.1, 0.15) is 11.8 Å². The van der Waals surface area contributed by atoms with Crippen LogP contribution in [0.5, 0.6) is 11.5 Å². The van der Waals surface area contributed by atoms with Crippen molar-refractivity contribution in [1.29, 1.82) is 0 Å². The fourth-order valence-corrected chi connectivity index (χ4v) is 8.24. The first-order chi connectivity index (χ1) is 19.3. The van der Waals surface area contributed by atoms with Crippen molar-refractivity contribution in [3.8, 4) is 11.5 Å². The zero-order chi connectivity index (χ0) is 27.4. The van der Waals surface area contributed by atoms with E-state index in [-0.39, 0.29) is 23.2 Å². The zero-order valence-electron chi connectivity index (χ0n) is 21.9. The van der Waals surface area contributed by atoms with Gasteiger partial charge in [0.05, 0.1) is 22.0 Å². The van der Waals surface area contributed by atoms with Crippen LogP contribution in [0.3, 0.4) is 0 Å². The van der Waals surface area contributed by atoms with Crippen LogP contribution >= 0.6 is 0 Å². The van der Waals surface area contributed by atoms with Crippen LogP contribution in [0, 0.1) is 16.0 Å². The number of pyridine rings is 1. The summed E-state index contributed by atoms with van der Waals surface area (Å²) in [6.45, 7) is 1.84. The van der Waals surface area contributed by atoms with E-state index in [1.54, 1.807) is 24.4 Å². The minimum atomic E-state index is -1.03. The molecule has 5 aliphatic rings. The summed E-state index contributed by atoms with van der Waals surface area (Å²) < 4.78 is 6.53. The number of non-ortho nitro benzene ring substituents is 1. The minimum Gasteiger partial charge on any atom is -0.504 e. The summed E-state index contributed by atoms with van der Waals surface area (Å²) in [6, 6.07) is 9.23. The maximum atomic E-state index is 13.5. The van der Waals surface area contributed by atoms with Crippen molar-refractivity contribution in [1.82, 2.24) is 15.2 Å². The number of rotatable bonds is 5. The molecule has 3 aliphatic carbocycles. The fraction of sp³-hybridized carbons (Fsp3) is 0.467. The molecule has 5 atom stereocenters. The predicted molar refractivity (Wildman–Crippen MR) is 144 cm³/mol. The largest absolute Gasteiger partial charge is 0.504 e. The topological polar surface area (TPSA) is 138 Å². The number of aliphatic hydroxyl groups is 1. The van der Waals surface area contributed by atoms with Crippen molar-refractivity contribution >= 4 is 22.4 Å². The predicted octanol–water partition coefficient (Wildman–Crippen LogP) is 3.21. The lowest BCUT2D eigenvalue weighted by atomic mass is 9.48. The van der Waals surface area contributed by atoms with Gasteiger partial charge in [0.25, 0.3) is 11.6 Å². The number of nitro groups is 1. The van der Waals surface area contributed by atoms with Gasteiger partial charge in [-0.25, -0.2) is 0 Å². The molecule has 0 radical (unpaired) electrons. The SMILES string of the molecule is O=C(N[C@H]1CC[C@@]2(O)[C@H]3Cc4ccc(O)c5c4[C@@]2(CCN3CC2CC2)[C@H]1O5)c1cc2cc([N+](=O)[O-])ccc2cn1. The van der Waals surface area contributed by atoms with Crippen molar-refractivity contribution in [2.75, 3.05) is 13.1 Å². The molecule has 3 aromatic rings. The number of nitro benzene ring substituents is 1. The Kier molecular flexibility index (Phi) is 4.90. The van der Waals surface area contributed by atoms with Crippen molar-refractivity contribution in [2.45, 2.75) is 67.7 Å². The monoisotopic (exact) mass is 542 g/mol. The van der Waals surface area contributed by atoms with Gasteiger partial charge < -0.3 is 20.3 Å². The second-order valence-electron chi connectivity index (χ2n) is 12.3. The molecule has 2 bridgehead atoms. The first-order valence-electron chi connectivity index (χ1n) is 14.1. The third-order valence-corrected chi connectivity index (χ3v) is 10.2. The highest BCUT2D eigenvalue weighted by Gasteiger charge is 2.73. The van der Waals surface area contributed by atoms with E-state index in [0.29, 0.717) is 48.1 Å². The van der Waals surface area contributed by atoms with Gasteiger partial charge in [0, 0.05) is 41.9 Å². The van der Waals surface area contributed by atoms with Crippen LogP contribution in [0.15, 0.2) is 42.6 Å². The van der Waals surface area contributed by atoms with Crippen LogP contribution < -0.4 is 10.1 Å². The zero-order valence-corrected chi connectivity index (χ0v) is 21.9. The number of nitrogens with one attached hydrogen (secondary N) is 1. The van der Waals surface area contributed by atoms with Crippen LogP contribution in [-0.2, 0) is 11.8 Å². The Balaban J connectivity index is 1.15. The average Bonchev–Trinajstić information content (AvgIpc) is 3.69. The number of likely N-dealkylation sites (tertiary alicyclic amines) is 1. The highest BCUT2D eigenvalue weighted by atomic mass is 16.6. The minimum absolute atomic E-state index is 0.0365. The number of carbonyl (C=O) groups excluding carboxylic acids is 1. The van der Waals surface area contributed by atoms with Crippen LogP contribution in [-0.4, -0.2) is 67.8 Å². The Bertz CT molecular complexity index is 1610. The quantitative estimate of drug-likeness (QED) is 0.330. The highest BCUT2D eigenvalue weighted by molar-refractivity contribution is 5.97. The molecule has 3 heterocycles. The molecule has 3 N–H and O–H groups in total. The molecule has 40 heavy (non-hydrogen) atoms. The standard InChI is InChI=1S/C30H30N4O6/c35-23-6-4-17-13-24-30(37)8-7-21(27-29(30,25(17)26(23)40-27)9-10-33(24)15-16-1-2-16)32-28(36)22-12-19-11-20(34(38)39)5-3-18(19)14-31-22/h3-6,11-12,14,16,21,24,27,35,37H,1-2,7-10,13,15H2,(H,32,36)/t21-,24+,27-,29-,30+/m0/s1. The maximum Gasteiger partial charge on any atom is 0.270 e. The fourth-order valence-electron chi connectivity index (χ4n) is 8.24. The van der Waals surface area contributed by atoms with E-state index in [9.17, 15) is 25.1 Å². The first-order valence-corrected chi connectivity index (χ1v) is 14.1. The van der Waals surface area contributed by atoms with E-state index in [2.05, 4.69) is 15.2 Å². The Morgan fingerprint density at radius 2 is 2.02 bits per heavy atom. The number of benzene rings is 2. The molecule has 2 aliphatic heterocycles. The number of phenolic OH excluding ortho intramolecular Hbond substituents is 1. The van der Waals surface area contributed by atoms with Crippen LogP contribution in [0.4, 0.5) is 5.69 Å². The summed E-state index contributed by atoms with van der Waals surface area (Å²) in [6.07, 6.45) is 5.93. The molecule has 8 rings (SSSR count). The molecule has 1 spiro atoms. The summed E-state index contributed by atoms with van der Waals surface area (Å²) in [7, 11) is 0. The molecule has 1 amide bonds. The lowest BCUT2D eigenvalue weighted by Gasteiger charge is -2.64. The van der Waals surface area contributed by atoms with Gasteiger partial charge >= 0.3 is 0 Å². The lowest BCUT2D eigenvalue weighted by molar-refractivity contribution is -0.384. The molecule has 10 heteroatoms. The Labute approximate surface area is 230 Å². The van der Waals surface area contributed by atoms with Crippen molar-refractivity contribution in [2.24, 2.45) is 5.92 Å². The van der Waals surface area contributed by atoms with E-state index in [1.165, 1.54) is 25.0 Å². The molecule has 2 saturated carbocycles. The van der Waals surface area contributed by atoms with Gasteiger partial charge in [0.2, 0.25) is 0 Å². The van der Waals surface area contributed by atoms with E-state index in [1.807, 2.05) is 6.07 Å². The lowest BCUT2D eigenvalue weighted by Crippen LogP contribution is -2.78. The smallest absolute Gasteiger partial charge is 0.270 e. The average molecular weight is 543 g/mol. The number of piperidine rings is 1. The molecule has 1 saturated heterocycles. The molecule has 2 aromatic carbocycles. The number of amides is 1. The molecule has 10 nitrogen and oxygen atoms in total. The highest BCUT2D eigenvalue weighted by Crippen LogP contribution is 2.65. The van der Waals surface area contributed by atoms with Gasteiger partial charge in [-0.3, -0.25) is 24.8 Å². The number of aromatic nitrogens is 1. The van der Waals surface area contributed by atoms with Crippen molar-refractivity contribution < 1.29 is 24.7 Å². The van der Waals surface area contributed by atoms with Crippen molar-refractivity contribution in [3.05, 3.63) is 69.5 Å². The van der Waals surface area contributed by atoms with Gasteiger partial charge in [-0.05, 0) is 80.1 Å². The van der Waals surface area contributed by atoms with Crippen LogP contribution in [0.2, 0.25) is 0 Å². The Morgan fingerprint density at radius 3 is 2.83 bits per heavy atom. The van der Waals surface area contributed by atoms with Crippen molar-refractivity contribution in [3.63, 3.8) is 0 Å². The number of ether oxygens (including phenoxy) is 1. The van der Waals surface area contributed by atoms with E-state index >= 15 is 0 Å². The normalized spacial score (nSPS) is 31.9. The third-order valence-electron chi connectivity index (χ3n) is 10.2. The molecular formula is C30H30N4O6. The third kappa shape index (κ3) is 3.17. The molecule has 0 unspecified atom stereocenters. The maximum absolute atomic E-state index is 13.5. The van der Waals surface area contributed by atoms with Gasteiger partial charge in [-0.1, -0.05) is 6.07 Å². The summed E-state index contributed by atoms with van der Waals surface area (Å²) in [5.74, 6) is 0.804. The van der Waals surface area contributed by atoms with E-state index < -0.39 is 34.0 Å².